The zero-order chi connectivity index (χ0) is 28.1. The number of nitrogens with zero attached hydrogens (tertiary/aromatic N) is 2. The highest BCUT2D eigenvalue weighted by Crippen LogP contribution is 2.34. The molecule has 2 aromatic heterocycles. The molecule has 0 bridgehead atoms. The predicted molar refractivity (Wildman–Crippen MR) is 152 cm³/mol. The van der Waals surface area contributed by atoms with Gasteiger partial charge in [0.2, 0.25) is 11.5 Å². The Balaban J connectivity index is 1.22. The Morgan fingerprint density at radius 2 is 1.80 bits per heavy atom. The van der Waals surface area contributed by atoms with Crippen molar-refractivity contribution in [1.82, 2.24) is 14.5 Å². The number of hydrogen-bond donors (Lipinski definition) is 1. The van der Waals surface area contributed by atoms with Crippen molar-refractivity contribution in [3.63, 3.8) is 0 Å². The number of pyridine rings is 1. The number of H-pyrrole nitrogens is 1. The number of rotatable bonds is 10. The zero-order valence-corrected chi connectivity index (χ0v) is 22.8. The third kappa shape index (κ3) is 6.17. The topological polar surface area (TPSA) is 67.3 Å². The van der Waals surface area contributed by atoms with Crippen LogP contribution in [0.5, 0.6) is 0 Å². The molecule has 1 fully saturated rings. The average Bonchev–Trinajstić information content (AvgIpc) is 3.37. The highest BCUT2D eigenvalue weighted by molar-refractivity contribution is 5.83. The van der Waals surface area contributed by atoms with Gasteiger partial charge in [0.15, 0.2) is 0 Å². The van der Waals surface area contributed by atoms with E-state index in [1.165, 1.54) is 18.2 Å². The molecule has 0 aliphatic carbocycles. The second-order valence-electron chi connectivity index (χ2n) is 10.5. The number of aryl methyl sites for hydroxylation is 2. The molecule has 1 saturated heterocycles. The zero-order valence-electron chi connectivity index (χ0n) is 22.8. The van der Waals surface area contributed by atoms with Crippen LogP contribution in [0, 0.1) is 11.6 Å². The fraction of sp³-hybridized carbons (Fsp3) is 0.375. The van der Waals surface area contributed by atoms with Crippen LogP contribution < -0.4 is 5.56 Å². The van der Waals surface area contributed by atoms with Gasteiger partial charge in [0.05, 0.1) is 5.52 Å². The number of nitrogens with one attached hydrogen (secondary N) is 1. The van der Waals surface area contributed by atoms with Gasteiger partial charge in [-0.25, -0.2) is 8.78 Å². The number of aromatic amines is 1. The monoisotopic (exact) mass is 547 g/mol. The van der Waals surface area contributed by atoms with Crippen LogP contribution in [0.3, 0.4) is 0 Å². The summed E-state index contributed by atoms with van der Waals surface area (Å²) in [5.41, 5.74) is 4.18. The second kappa shape index (κ2) is 12.6. The summed E-state index contributed by atoms with van der Waals surface area (Å²) in [4.78, 5) is 29.1. The summed E-state index contributed by atoms with van der Waals surface area (Å²) in [5.74, 6) is -0.727. The molecule has 8 heteroatoms. The van der Waals surface area contributed by atoms with Crippen LogP contribution in [0.25, 0.3) is 22.0 Å². The van der Waals surface area contributed by atoms with Gasteiger partial charge in [-0.05, 0) is 73.1 Å². The van der Waals surface area contributed by atoms with Gasteiger partial charge >= 0.3 is 0 Å². The van der Waals surface area contributed by atoms with Crippen molar-refractivity contribution in [3.8, 4) is 11.1 Å². The van der Waals surface area contributed by atoms with Crippen molar-refractivity contribution in [2.45, 2.75) is 51.0 Å². The summed E-state index contributed by atoms with van der Waals surface area (Å²) < 4.78 is 36.6. The van der Waals surface area contributed by atoms with Gasteiger partial charge in [0.1, 0.15) is 11.6 Å². The molecule has 0 radical (unpaired) electrons. The van der Waals surface area contributed by atoms with Crippen molar-refractivity contribution >= 4 is 16.8 Å². The van der Waals surface area contributed by atoms with Gasteiger partial charge in [-0.15, -0.1) is 0 Å². The molecule has 4 aromatic rings. The lowest BCUT2D eigenvalue weighted by Crippen LogP contribution is -2.39. The Morgan fingerprint density at radius 3 is 2.55 bits per heavy atom. The molecule has 3 heterocycles. The van der Waals surface area contributed by atoms with Crippen LogP contribution in [-0.4, -0.2) is 47.2 Å². The molecule has 1 atom stereocenters. The smallest absolute Gasteiger partial charge is 0.247 e. The minimum atomic E-state index is -0.435. The number of hydrogen-bond acceptors (Lipinski definition) is 3. The number of aromatic nitrogens is 2. The quantitative estimate of drug-likeness (QED) is 0.246. The number of benzene rings is 2. The molecule has 40 heavy (non-hydrogen) atoms. The number of halogens is 2. The van der Waals surface area contributed by atoms with E-state index < -0.39 is 11.6 Å². The fourth-order valence-corrected chi connectivity index (χ4v) is 5.77. The van der Waals surface area contributed by atoms with Crippen molar-refractivity contribution in [2.24, 2.45) is 0 Å². The summed E-state index contributed by atoms with van der Waals surface area (Å²) in [6.07, 6.45) is 6.10. The maximum absolute atomic E-state index is 14.8. The Labute approximate surface area is 232 Å². The van der Waals surface area contributed by atoms with Crippen LogP contribution in [0.4, 0.5) is 8.78 Å². The number of methoxy groups -OCH3 is 1. The minimum Gasteiger partial charge on any atom is -0.385 e. The molecule has 2 aromatic carbocycles. The highest BCUT2D eigenvalue weighted by Gasteiger charge is 2.28. The largest absolute Gasteiger partial charge is 0.385 e. The van der Waals surface area contributed by atoms with Gasteiger partial charge in [-0.3, -0.25) is 9.59 Å². The van der Waals surface area contributed by atoms with Crippen molar-refractivity contribution in [3.05, 3.63) is 94.0 Å². The van der Waals surface area contributed by atoms with Crippen molar-refractivity contribution < 1.29 is 18.3 Å². The first-order valence-electron chi connectivity index (χ1n) is 14.0. The first-order chi connectivity index (χ1) is 19.4. The van der Waals surface area contributed by atoms with Gasteiger partial charge in [-0.2, -0.15) is 0 Å². The molecular formula is C32H35F2N3O3. The number of amides is 1. The summed E-state index contributed by atoms with van der Waals surface area (Å²) in [5, 5.41) is 0.294. The fourth-order valence-electron chi connectivity index (χ4n) is 5.77. The summed E-state index contributed by atoms with van der Waals surface area (Å²) in [7, 11) is 1.63. The summed E-state index contributed by atoms with van der Waals surface area (Å²) >= 11 is 0. The molecule has 6 nitrogen and oxygen atoms in total. The van der Waals surface area contributed by atoms with Gasteiger partial charge < -0.3 is 19.2 Å². The number of carbonyl (C=O) groups excluding carboxylic acids is 1. The van der Waals surface area contributed by atoms with Gasteiger partial charge in [0, 0.05) is 69.0 Å². The first kappa shape index (κ1) is 27.8. The van der Waals surface area contributed by atoms with E-state index in [9.17, 15) is 18.4 Å². The number of carbonyl (C=O) groups is 1. The number of piperidine rings is 1. The minimum absolute atomic E-state index is 0.0203. The molecule has 1 aliphatic rings. The van der Waals surface area contributed by atoms with Crippen LogP contribution in [0.2, 0.25) is 0 Å². The molecule has 1 aliphatic heterocycles. The third-order valence-corrected chi connectivity index (χ3v) is 7.84. The number of ether oxygens (including phenoxy) is 1. The maximum atomic E-state index is 14.8. The van der Waals surface area contributed by atoms with Crippen LogP contribution in [0.1, 0.15) is 49.3 Å². The molecule has 5 rings (SSSR count). The van der Waals surface area contributed by atoms with Crippen LogP contribution >= 0.6 is 0 Å². The molecule has 0 spiro atoms. The van der Waals surface area contributed by atoms with E-state index in [0.29, 0.717) is 50.0 Å². The highest BCUT2D eigenvalue weighted by atomic mass is 19.1. The van der Waals surface area contributed by atoms with Crippen LogP contribution in [-0.2, 0) is 22.5 Å². The van der Waals surface area contributed by atoms with Gasteiger partial charge in [-0.1, -0.05) is 24.3 Å². The van der Waals surface area contributed by atoms with Crippen molar-refractivity contribution in [2.75, 3.05) is 26.8 Å². The summed E-state index contributed by atoms with van der Waals surface area (Å²) in [6, 6.07) is 15.6. The Bertz CT molecular complexity index is 1510. The molecule has 0 saturated carbocycles. The number of fused-ring (bicyclic) bond motifs is 1. The lowest BCUT2D eigenvalue weighted by molar-refractivity contribution is -0.132. The standard InChI is InChI=1S/C32H35F2N3O3/c1-40-18-4-17-37-29(19-26-27(33)13-14-28(34)32(26)37)25-6-3-16-36(21-25)31(39)7-2-5-22-8-10-23(11-9-22)24-12-15-30(38)35-20-24/h8-15,19-20,25H,2-7,16-18,21H2,1H3,(H,35,38). The van der Waals surface area contributed by atoms with E-state index in [2.05, 4.69) is 17.1 Å². The number of likely N-dealkylation sites (tertiary alicyclic amines) is 1. The Morgan fingerprint density at radius 1 is 1.02 bits per heavy atom. The van der Waals surface area contributed by atoms with E-state index in [4.69, 9.17) is 4.74 Å². The van der Waals surface area contributed by atoms with E-state index in [1.54, 1.807) is 25.4 Å². The molecule has 1 N–H and O–H groups in total. The van der Waals surface area contributed by atoms with Gasteiger partial charge in [0.25, 0.3) is 0 Å². The molecule has 210 valence electrons. The molecular weight excluding hydrogens is 512 g/mol. The van der Waals surface area contributed by atoms with E-state index in [-0.39, 0.29) is 17.4 Å². The Kier molecular flexibility index (Phi) is 8.75. The molecule has 1 amide bonds. The lowest BCUT2D eigenvalue weighted by Gasteiger charge is -2.33. The van der Waals surface area contributed by atoms with E-state index >= 15 is 0 Å². The normalized spacial score (nSPS) is 15.6. The third-order valence-electron chi connectivity index (χ3n) is 7.84. The lowest BCUT2D eigenvalue weighted by atomic mass is 9.94. The molecule has 1 unspecified atom stereocenters. The summed E-state index contributed by atoms with van der Waals surface area (Å²) in [6.45, 7) is 2.31. The van der Waals surface area contributed by atoms with E-state index in [0.717, 1.165) is 48.1 Å². The first-order valence-corrected chi connectivity index (χ1v) is 14.0. The maximum Gasteiger partial charge on any atom is 0.247 e. The second-order valence-corrected chi connectivity index (χ2v) is 10.5. The van der Waals surface area contributed by atoms with Crippen molar-refractivity contribution in [1.29, 1.82) is 0 Å². The van der Waals surface area contributed by atoms with Crippen LogP contribution in [0.15, 0.2) is 65.6 Å². The Hall–Kier alpha value is -3.78. The average molecular weight is 548 g/mol. The SMILES string of the molecule is COCCCn1c(C2CCCN(C(=O)CCCc3ccc(-c4ccc(=O)[nH]c4)cc3)C2)cc2c(F)ccc(F)c21. The van der Waals surface area contributed by atoms with E-state index in [1.807, 2.05) is 21.6 Å². The predicted octanol–water partition coefficient (Wildman–Crippen LogP) is 6.04.